The normalized spacial score (nSPS) is 20.7. The molecule has 1 aromatic carbocycles. The molecule has 0 aromatic heterocycles. The third-order valence-corrected chi connectivity index (χ3v) is 7.04. The topological polar surface area (TPSA) is 0 Å². The van der Waals surface area contributed by atoms with Gasteiger partial charge in [0.1, 0.15) is 0 Å². The Morgan fingerprint density at radius 1 is 0.926 bits per heavy atom. The maximum absolute atomic E-state index is 3.29. The van der Waals surface area contributed by atoms with Crippen LogP contribution in [0.15, 0.2) is 41.0 Å². The molecule has 0 heterocycles. The van der Waals surface area contributed by atoms with Gasteiger partial charge in [0.2, 0.25) is 0 Å². The van der Waals surface area contributed by atoms with Crippen LogP contribution in [0.4, 0.5) is 0 Å². The Morgan fingerprint density at radius 2 is 1.70 bits per heavy atom. The molecule has 3 aliphatic rings. The molecule has 141 valence electrons. The van der Waals surface area contributed by atoms with E-state index in [0.717, 1.165) is 12.8 Å². The van der Waals surface area contributed by atoms with Crippen molar-refractivity contribution in [2.45, 2.75) is 89.9 Å². The summed E-state index contributed by atoms with van der Waals surface area (Å²) < 4.78 is 0. The van der Waals surface area contributed by atoms with Gasteiger partial charge in [-0.3, -0.25) is 0 Å². The monoisotopic (exact) mass is 357 g/mol. The third kappa shape index (κ3) is 3.54. The fourth-order valence-corrected chi connectivity index (χ4v) is 5.40. The maximum atomic E-state index is 3.29. The zero-order valence-corrected chi connectivity index (χ0v) is 17.2. The predicted molar refractivity (Wildman–Crippen MR) is 116 cm³/mol. The van der Waals surface area contributed by atoms with Crippen molar-refractivity contribution in [3.05, 3.63) is 58.5 Å². The van der Waals surface area contributed by atoms with E-state index < -0.39 is 0 Å². The lowest BCUT2D eigenvalue weighted by molar-refractivity contribution is 0.266. The van der Waals surface area contributed by atoms with Crippen molar-refractivity contribution >= 4 is 5.57 Å². The molecule has 0 atom stereocenters. The number of rotatable bonds is 7. The molecule has 1 aromatic rings. The molecule has 1 fully saturated rings. The summed E-state index contributed by atoms with van der Waals surface area (Å²) in [7, 11) is 0. The van der Waals surface area contributed by atoms with Crippen molar-refractivity contribution in [1.82, 2.24) is 0 Å². The summed E-state index contributed by atoms with van der Waals surface area (Å²) in [5.74, 6) is 6.49. The minimum atomic E-state index is 0.446. The van der Waals surface area contributed by atoms with Crippen molar-refractivity contribution in [3.63, 3.8) is 0 Å². The summed E-state index contributed by atoms with van der Waals surface area (Å²) in [6, 6.07) is 9.73. The summed E-state index contributed by atoms with van der Waals surface area (Å²) in [4.78, 5) is 0. The maximum Gasteiger partial charge on any atom is 0.0402 e. The molecule has 0 saturated heterocycles. The first-order chi connectivity index (χ1) is 13.3. The number of unbranched alkanes of at least 4 members (excludes halogenated alkanes) is 2. The Kier molecular flexibility index (Phi) is 5.58. The molecule has 0 unspecified atom stereocenters. The fraction of sp³-hybridized carbons (Fsp3) is 0.519. The van der Waals surface area contributed by atoms with E-state index in [4.69, 9.17) is 0 Å². The second kappa shape index (κ2) is 8.10. The molecule has 0 amide bonds. The van der Waals surface area contributed by atoms with Crippen LogP contribution in [0, 0.1) is 18.3 Å². The fourth-order valence-electron chi connectivity index (χ4n) is 5.40. The quantitative estimate of drug-likeness (QED) is 0.349. The standard InChI is InChI=1S/C27H33/c1-3-5-7-18-27(19-8-6-9-20-27)23-14-10-21(11-15-23)25-16-12-22-13-17-26(22)24(25)4-2/h10-12,14-15H,3-9,16,18-20H2,1-2H3. The highest BCUT2D eigenvalue weighted by molar-refractivity contribution is 5.83. The molecular weight excluding hydrogens is 324 g/mol. The van der Waals surface area contributed by atoms with Gasteiger partial charge in [0.15, 0.2) is 0 Å². The summed E-state index contributed by atoms with van der Waals surface area (Å²) in [5, 5.41) is 0. The Balaban J connectivity index is 1.60. The molecule has 4 rings (SSSR count). The van der Waals surface area contributed by atoms with Crippen molar-refractivity contribution in [3.8, 4) is 11.8 Å². The van der Waals surface area contributed by atoms with Gasteiger partial charge in [-0.05, 0) is 59.8 Å². The summed E-state index contributed by atoms with van der Waals surface area (Å²) in [6.07, 6.45) is 16.9. The van der Waals surface area contributed by atoms with Crippen LogP contribution in [0.1, 0.15) is 95.6 Å². The van der Waals surface area contributed by atoms with Gasteiger partial charge in [-0.1, -0.05) is 88.5 Å². The van der Waals surface area contributed by atoms with Crippen molar-refractivity contribution in [2.75, 3.05) is 0 Å². The second-order valence-corrected chi connectivity index (χ2v) is 8.63. The average Bonchev–Trinajstić information content (AvgIpc) is 2.69. The van der Waals surface area contributed by atoms with E-state index in [1.807, 2.05) is 0 Å². The molecule has 0 aliphatic heterocycles. The zero-order valence-electron chi connectivity index (χ0n) is 17.2. The van der Waals surface area contributed by atoms with Gasteiger partial charge in [-0.15, -0.1) is 0 Å². The Labute approximate surface area is 166 Å². The van der Waals surface area contributed by atoms with E-state index in [1.165, 1.54) is 85.6 Å². The van der Waals surface area contributed by atoms with Crippen molar-refractivity contribution < 1.29 is 0 Å². The molecule has 27 heavy (non-hydrogen) atoms. The van der Waals surface area contributed by atoms with E-state index >= 15 is 0 Å². The van der Waals surface area contributed by atoms with E-state index in [0.29, 0.717) is 5.41 Å². The van der Waals surface area contributed by atoms with Crippen LogP contribution in [-0.2, 0) is 5.41 Å². The van der Waals surface area contributed by atoms with Crippen LogP contribution in [-0.4, -0.2) is 0 Å². The highest BCUT2D eigenvalue weighted by Crippen LogP contribution is 2.44. The lowest BCUT2D eigenvalue weighted by Crippen LogP contribution is -2.29. The van der Waals surface area contributed by atoms with Gasteiger partial charge >= 0.3 is 0 Å². The van der Waals surface area contributed by atoms with Crippen LogP contribution >= 0.6 is 0 Å². The van der Waals surface area contributed by atoms with Crippen LogP contribution in [0.3, 0.4) is 0 Å². The van der Waals surface area contributed by atoms with Gasteiger partial charge < -0.3 is 0 Å². The van der Waals surface area contributed by atoms with Crippen molar-refractivity contribution in [1.29, 1.82) is 0 Å². The minimum absolute atomic E-state index is 0.446. The molecule has 1 radical (unpaired) electrons. The van der Waals surface area contributed by atoms with E-state index in [2.05, 4.69) is 56.4 Å². The van der Waals surface area contributed by atoms with Gasteiger partial charge in [0, 0.05) is 17.6 Å². The molecule has 0 bridgehead atoms. The predicted octanol–water partition coefficient (Wildman–Crippen LogP) is 7.55. The number of allylic oxidation sites excluding steroid dienone is 4. The average molecular weight is 358 g/mol. The second-order valence-electron chi connectivity index (χ2n) is 8.63. The highest BCUT2D eigenvalue weighted by atomic mass is 14.4. The first kappa shape index (κ1) is 18.6. The van der Waals surface area contributed by atoms with Gasteiger partial charge in [-0.2, -0.15) is 0 Å². The Bertz CT molecular complexity index is 798. The highest BCUT2D eigenvalue weighted by Gasteiger charge is 2.33. The number of benzene rings is 1. The van der Waals surface area contributed by atoms with Crippen LogP contribution < -0.4 is 0 Å². The van der Waals surface area contributed by atoms with E-state index in [1.54, 1.807) is 5.56 Å². The summed E-state index contributed by atoms with van der Waals surface area (Å²) in [5.41, 5.74) is 9.03. The third-order valence-electron chi connectivity index (χ3n) is 7.04. The first-order valence-corrected chi connectivity index (χ1v) is 11.2. The number of hydrogen-bond acceptors (Lipinski definition) is 0. The zero-order chi connectivity index (χ0) is 18.7. The smallest absolute Gasteiger partial charge is 0.0402 e. The number of hydrogen-bond donors (Lipinski definition) is 0. The van der Waals surface area contributed by atoms with E-state index in [-0.39, 0.29) is 0 Å². The van der Waals surface area contributed by atoms with Crippen LogP contribution in [0.2, 0.25) is 0 Å². The largest absolute Gasteiger partial charge is 0.0654 e. The first-order valence-electron chi connectivity index (χ1n) is 11.2. The van der Waals surface area contributed by atoms with Crippen molar-refractivity contribution in [2.24, 2.45) is 0 Å². The minimum Gasteiger partial charge on any atom is -0.0654 e. The molecule has 0 nitrogen and oxygen atoms in total. The van der Waals surface area contributed by atoms with Crippen LogP contribution in [0.25, 0.3) is 5.57 Å². The van der Waals surface area contributed by atoms with Gasteiger partial charge in [0.25, 0.3) is 0 Å². The Hall–Kier alpha value is -1.74. The molecule has 0 heteroatoms. The molecule has 1 saturated carbocycles. The lowest BCUT2D eigenvalue weighted by Gasteiger charge is -2.38. The van der Waals surface area contributed by atoms with Gasteiger partial charge in [-0.25, -0.2) is 0 Å². The molecule has 0 spiro atoms. The molecule has 0 N–H and O–H groups in total. The SMILES string of the molecule is CCCCCC1(c2ccc(C3=C(CC)C4=C(C#C4)[CH]C3)cc2)CCCCC1. The van der Waals surface area contributed by atoms with Crippen LogP contribution in [0.5, 0.6) is 0 Å². The Morgan fingerprint density at radius 3 is 2.33 bits per heavy atom. The molecular formula is C27H33. The summed E-state index contributed by atoms with van der Waals surface area (Å²) >= 11 is 0. The van der Waals surface area contributed by atoms with Gasteiger partial charge in [0.05, 0.1) is 0 Å². The molecule has 3 aliphatic carbocycles. The summed E-state index contributed by atoms with van der Waals surface area (Å²) in [6.45, 7) is 4.58. The van der Waals surface area contributed by atoms with E-state index in [9.17, 15) is 0 Å². The lowest BCUT2D eigenvalue weighted by atomic mass is 9.66.